The van der Waals surface area contributed by atoms with E-state index in [0.717, 1.165) is 46.8 Å². The molecule has 4 rings (SSSR count). The van der Waals surface area contributed by atoms with Crippen LogP contribution in [0.5, 0.6) is 5.75 Å². The molecule has 0 fully saturated rings. The highest BCUT2D eigenvalue weighted by Crippen LogP contribution is 2.32. The summed E-state index contributed by atoms with van der Waals surface area (Å²) >= 11 is 5.90. The number of ether oxygens (including phenoxy) is 1. The Morgan fingerprint density at radius 2 is 1.50 bits per heavy atom. The Kier molecular flexibility index (Phi) is 9.44. The van der Waals surface area contributed by atoms with Crippen LogP contribution < -0.4 is 9.04 Å². The van der Waals surface area contributed by atoms with Gasteiger partial charge < -0.3 is 4.74 Å². The van der Waals surface area contributed by atoms with Crippen molar-refractivity contribution in [1.29, 1.82) is 0 Å². The van der Waals surface area contributed by atoms with Crippen LogP contribution in [-0.4, -0.2) is 34.1 Å². The highest BCUT2D eigenvalue weighted by Gasteiger charge is 2.29. The van der Waals surface area contributed by atoms with E-state index >= 15 is 0 Å². The summed E-state index contributed by atoms with van der Waals surface area (Å²) in [6.45, 7) is -0.524. The van der Waals surface area contributed by atoms with Gasteiger partial charge in [0.15, 0.2) is 9.84 Å². The second-order valence-electron chi connectivity index (χ2n) is 8.94. The van der Waals surface area contributed by atoms with Crippen molar-refractivity contribution < 1.29 is 35.3 Å². The molecule has 9 nitrogen and oxygen atoms in total. The fourth-order valence-electron chi connectivity index (χ4n) is 3.96. The van der Waals surface area contributed by atoms with Gasteiger partial charge in [-0.2, -0.15) is 0 Å². The molecule has 0 heterocycles. The quantitative estimate of drug-likeness (QED) is 0.104. The van der Waals surface area contributed by atoms with Crippen LogP contribution in [0.2, 0.25) is 5.02 Å². The van der Waals surface area contributed by atoms with Crippen LogP contribution >= 0.6 is 11.6 Å². The molecule has 0 aliphatic rings. The number of non-ortho nitro benzene ring substituents is 1. The zero-order valence-corrected chi connectivity index (χ0v) is 24.1. The van der Waals surface area contributed by atoms with E-state index in [4.69, 9.17) is 16.3 Å². The molecule has 0 saturated heterocycles. The summed E-state index contributed by atoms with van der Waals surface area (Å²) < 4.78 is 88.1. The van der Waals surface area contributed by atoms with Crippen LogP contribution in [0.25, 0.3) is 0 Å². The first-order valence-electron chi connectivity index (χ1n) is 12.3. The standard InChI is InChI=1S/C28H23ClF2N2O7S2/c29-21-6-11-25(12-7-21)42(38,39)32(27-18-22(30)8-15-26(27)31)19-20-4-1-2-5-28(20)40-16-3-17-41(36,37)24-13-9-23(10-14-24)33(34)35/h1-2,4-15,18H,3,16-17,19H2. The number of anilines is 1. The van der Waals surface area contributed by atoms with Gasteiger partial charge in [0.1, 0.15) is 17.4 Å². The van der Waals surface area contributed by atoms with E-state index in [1.807, 2.05) is 0 Å². The van der Waals surface area contributed by atoms with Gasteiger partial charge in [0.05, 0.1) is 39.3 Å². The Balaban J connectivity index is 1.55. The third-order valence-corrected chi connectivity index (χ3v) is 9.93. The monoisotopic (exact) mass is 636 g/mol. The maximum atomic E-state index is 14.9. The van der Waals surface area contributed by atoms with Crippen molar-refractivity contribution in [3.63, 3.8) is 0 Å². The smallest absolute Gasteiger partial charge is 0.269 e. The summed E-state index contributed by atoms with van der Waals surface area (Å²) in [7, 11) is -8.18. The Morgan fingerprint density at radius 3 is 2.17 bits per heavy atom. The minimum atomic E-state index is -4.42. The first-order chi connectivity index (χ1) is 19.9. The van der Waals surface area contributed by atoms with Gasteiger partial charge in [0, 0.05) is 28.8 Å². The van der Waals surface area contributed by atoms with E-state index < -0.39 is 48.7 Å². The van der Waals surface area contributed by atoms with E-state index in [1.165, 1.54) is 30.3 Å². The van der Waals surface area contributed by atoms with Crippen molar-refractivity contribution in [2.24, 2.45) is 0 Å². The predicted octanol–water partition coefficient (Wildman–Crippen LogP) is 6.16. The fourth-order valence-corrected chi connectivity index (χ4v) is 6.82. The lowest BCUT2D eigenvalue weighted by Gasteiger charge is -2.26. The molecule has 4 aromatic rings. The van der Waals surface area contributed by atoms with Crippen molar-refractivity contribution in [3.8, 4) is 5.75 Å². The number of nitro groups is 1. The Morgan fingerprint density at radius 1 is 0.857 bits per heavy atom. The molecular weight excluding hydrogens is 614 g/mol. The molecule has 42 heavy (non-hydrogen) atoms. The Labute approximate surface area is 246 Å². The summed E-state index contributed by atoms with van der Waals surface area (Å²) in [5.74, 6) is -1.93. The van der Waals surface area contributed by atoms with Crippen molar-refractivity contribution in [1.82, 2.24) is 0 Å². The molecule has 0 amide bonds. The lowest BCUT2D eigenvalue weighted by molar-refractivity contribution is -0.384. The Bertz CT molecular complexity index is 1800. The van der Waals surface area contributed by atoms with Crippen molar-refractivity contribution in [3.05, 3.63) is 123 Å². The van der Waals surface area contributed by atoms with E-state index in [2.05, 4.69) is 0 Å². The largest absolute Gasteiger partial charge is 0.493 e. The highest BCUT2D eigenvalue weighted by atomic mass is 35.5. The molecule has 0 radical (unpaired) electrons. The van der Waals surface area contributed by atoms with Crippen LogP contribution in [0.4, 0.5) is 20.2 Å². The first-order valence-corrected chi connectivity index (χ1v) is 15.8. The molecule has 0 aromatic heterocycles. The number of para-hydroxylation sites is 1. The van der Waals surface area contributed by atoms with Crippen LogP contribution in [-0.2, 0) is 26.4 Å². The number of sulfone groups is 1. The van der Waals surface area contributed by atoms with Gasteiger partial charge in [-0.05, 0) is 61.0 Å². The zero-order chi connectivity index (χ0) is 30.5. The summed E-state index contributed by atoms with van der Waals surface area (Å²) in [6, 6.07) is 18.5. The number of hydrogen-bond acceptors (Lipinski definition) is 7. The van der Waals surface area contributed by atoms with Crippen molar-refractivity contribution in [2.45, 2.75) is 22.8 Å². The third-order valence-electron chi connectivity index (χ3n) is 6.09. The van der Waals surface area contributed by atoms with Gasteiger partial charge in [-0.3, -0.25) is 14.4 Å². The van der Waals surface area contributed by atoms with Gasteiger partial charge in [-0.1, -0.05) is 29.8 Å². The maximum absolute atomic E-state index is 14.9. The van der Waals surface area contributed by atoms with Crippen LogP contribution in [0.3, 0.4) is 0 Å². The number of benzene rings is 4. The molecule has 14 heteroatoms. The zero-order valence-electron chi connectivity index (χ0n) is 21.7. The molecule has 0 aliphatic carbocycles. The SMILES string of the molecule is O=[N+]([O-])c1ccc(S(=O)(=O)CCCOc2ccccc2CN(c2cc(F)ccc2F)S(=O)(=O)c2ccc(Cl)cc2)cc1. The fraction of sp³-hybridized carbons (Fsp3) is 0.143. The molecule has 0 bridgehead atoms. The molecule has 0 N–H and O–H groups in total. The van der Waals surface area contributed by atoms with Gasteiger partial charge in [0.25, 0.3) is 15.7 Å². The number of sulfonamides is 1. The lowest BCUT2D eigenvalue weighted by atomic mass is 10.2. The average molecular weight is 637 g/mol. The summed E-state index contributed by atoms with van der Waals surface area (Å²) in [6.07, 6.45) is 0.0406. The number of nitrogens with zero attached hydrogens (tertiary/aromatic N) is 2. The summed E-state index contributed by atoms with van der Waals surface area (Å²) in [5.41, 5.74) is -0.454. The molecule has 0 atom stereocenters. The van der Waals surface area contributed by atoms with Crippen LogP contribution in [0.15, 0.2) is 101 Å². The minimum Gasteiger partial charge on any atom is -0.493 e. The molecule has 4 aromatic carbocycles. The number of halogens is 3. The topological polar surface area (TPSA) is 124 Å². The van der Waals surface area contributed by atoms with Crippen LogP contribution in [0, 0.1) is 21.7 Å². The van der Waals surface area contributed by atoms with Gasteiger partial charge >= 0.3 is 0 Å². The van der Waals surface area contributed by atoms with Crippen molar-refractivity contribution >= 4 is 42.8 Å². The highest BCUT2D eigenvalue weighted by molar-refractivity contribution is 7.92. The van der Waals surface area contributed by atoms with Gasteiger partial charge in [-0.25, -0.2) is 25.6 Å². The number of rotatable bonds is 12. The van der Waals surface area contributed by atoms with Crippen molar-refractivity contribution in [2.75, 3.05) is 16.7 Å². The number of nitro benzene ring substituents is 1. The van der Waals surface area contributed by atoms with E-state index in [1.54, 1.807) is 18.2 Å². The molecule has 0 spiro atoms. The molecule has 0 aliphatic heterocycles. The van der Waals surface area contributed by atoms with E-state index in [9.17, 15) is 35.7 Å². The average Bonchev–Trinajstić information content (AvgIpc) is 2.96. The predicted molar refractivity (Wildman–Crippen MR) is 153 cm³/mol. The van der Waals surface area contributed by atoms with Crippen LogP contribution in [0.1, 0.15) is 12.0 Å². The second kappa shape index (κ2) is 12.8. The summed E-state index contributed by atoms with van der Waals surface area (Å²) in [5, 5.41) is 11.1. The van der Waals surface area contributed by atoms with Gasteiger partial charge in [0.2, 0.25) is 0 Å². The molecule has 0 saturated carbocycles. The molecule has 220 valence electrons. The van der Waals surface area contributed by atoms with E-state index in [0.29, 0.717) is 5.56 Å². The molecule has 0 unspecified atom stereocenters. The third kappa shape index (κ3) is 7.22. The maximum Gasteiger partial charge on any atom is 0.269 e. The van der Waals surface area contributed by atoms with E-state index in [-0.39, 0.29) is 45.0 Å². The molecular formula is C28H23ClF2N2O7S2. The normalized spacial score (nSPS) is 11.7. The number of hydrogen-bond donors (Lipinski definition) is 0. The second-order valence-corrected chi connectivity index (χ2v) is 13.3. The Hall–Kier alpha value is -4.07. The minimum absolute atomic E-state index is 0.0406. The first kappa shape index (κ1) is 30.9. The van der Waals surface area contributed by atoms with Gasteiger partial charge in [-0.15, -0.1) is 0 Å². The summed E-state index contributed by atoms with van der Waals surface area (Å²) in [4.78, 5) is 9.91. The lowest BCUT2D eigenvalue weighted by Crippen LogP contribution is -2.31.